The molecule has 3 aromatic rings. The molecule has 0 spiro atoms. The molecule has 4 rings (SSSR count). The molecule has 4 heteroatoms. The smallest absolute Gasteiger partial charge is 0.399 e. The van der Waals surface area contributed by atoms with Crippen LogP contribution < -0.4 is 11.2 Å². The van der Waals surface area contributed by atoms with Gasteiger partial charge in [-0.3, -0.25) is 0 Å². The van der Waals surface area contributed by atoms with Crippen LogP contribution >= 0.6 is 0 Å². The summed E-state index contributed by atoms with van der Waals surface area (Å²) >= 11 is 0. The van der Waals surface area contributed by atoms with Crippen molar-refractivity contribution in [3.63, 3.8) is 0 Å². The van der Waals surface area contributed by atoms with E-state index in [-0.39, 0.29) is 0 Å². The van der Waals surface area contributed by atoms with E-state index in [1.165, 1.54) is 5.56 Å². The highest BCUT2D eigenvalue weighted by molar-refractivity contribution is 6.64. The number of nitrogens with two attached hydrogens (primary N) is 1. The predicted octanol–water partition coefficient (Wildman–Crippen LogP) is 4.70. The summed E-state index contributed by atoms with van der Waals surface area (Å²) in [4.78, 5) is 0. The zero-order chi connectivity index (χ0) is 19.4. The van der Waals surface area contributed by atoms with E-state index in [2.05, 4.69) is 77.1 Å². The van der Waals surface area contributed by atoms with Crippen molar-refractivity contribution < 1.29 is 9.31 Å². The van der Waals surface area contributed by atoms with Gasteiger partial charge < -0.3 is 15.0 Å². The molecule has 0 saturated carbocycles. The number of fused-ring (bicyclic) bond motifs is 1. The zero-order valence-electron chi connectivity index (χ0n) is 16.7. The van der Waals surface area contributed by atoms with Gasteiger partial charge in [-0.25, -0.2) is 0 Å². The molecule has 0 aromatic heterocycles. The van der Waals surface area contributed by atoms with Gasteiger partial charge >= 0.3 is 7.12 Å². The van der Waals surface area contributed by atoms with Crippen molar-refractivity contribution in [3.8, 4) is 11.1 Å². The van der Waals surface area contributed by atoms with Crippen LogP contribution in [0.2, 0.25) is 0 Å². The van der Waals surface area contributed by atoms with Crippen molar-refractivity contribution in [1.29, 1.82) is 0 Å². The summed E-state index contributed by atoms with van der Waals surface area (Å²) in [5.74, 6) is 0. The second-order valence-electron chi connectivity index (χ2n) is 8.43. The Balaban J connectivity index is 1.96. The quantitative estimate of drug-likeness (QED) is 0.533. The van der Waals surface area contributed by atoms with Gasteiger partial charge in [-0.2, -0.15) is 0 Å². The third kappa shape index (κ3) is 2.93. The van der Waals surface area contributed by atoms with Crippen molar-refractivity contribution in [2.24, 2.45) is 0 Å². The molecule has 1 saturated heterocycles. The highest BCUT2D eigenvalue weighted by atomic mass is 16.7. The standard InChI is InChI=1S/C23H26BNO2/c1-15-10-12-16(13-11-15)20-19(24-26-22(2,3)23(4,5)27-24)14-17-8-6-7-9-18(17)21(20)25/h6-14H,25H2,1-5H3. The van der Waals surface area contributed by atoms with Gasteiger partial charge in [-0.1, -0.05) is 60.2 Å². The van der Waals surface area contributed by atoms with Crippen LogP contribution in [-0.2, 0) is 9.31 Å². The fourth-order valence-electron chi connectivity index (χ4n) is 3.60. The summed E-state index contributed by atoms with van der Waals surface area (Å²) in [7, 11) is -0.460. The van der Waals surface area contributed by atoms with E-state index in [1.807, 2.05) is 12.1 Å². The van der Waals surface area contributed by atoms with Gasteiger partial charge in [0.05, 0.1) is 11.2 Å². The summed E-state index contributed by atoms with van der Waals surface area (Å²) in [6.07, 6.45) is 0. The fourth-order valence-corrected chi connectivity index (χ4v) is 3.60. The summed E-state index contributed by atoms with van der Waals surface area (Å²) in [6, 6.07) is 18.8. The molecular weight excluding hydrogens is 333 g/mol. The number of hydrogen-bond donors (Lipinski definition) is 1. The Morgan fingerprint density at radius 3 is 2.07 bits per heavy atom. The first kappa shape index (κ1) is 18.1. The SMILES string of the molecule is Cc1ccc(-c2c(B3OC(C)(C)C(C)(C)O3)cc3ccccc3c2N)cc1. The van der Waals surface area contributed by atoms with Crippen LogP contribution in [-0.4, -0.2) is 18.3 Å². The van der Waals surface area contributed by atoms with Crippen molar-refractivity contribution in [1.82, 2.24) is 0 Å². The number of hydrogen-bond acceptors (Lipinski definition) is 3. The molecular formula is C23H26BNO2. The van der Waals surface area contributed by atoms with Crippen LogP contribution in [0.4, 0.5) is 5.69 Å². The minimum atomic E-state index is -0.460. The van der Waals surface area contributed by atoms with Gasteiger partial charge in [0.1, 0.15) is 0 Å². The normalized spacial score (nSPS) is 18.2. The average molecular weight is 359 g/mol. The van der Waals surface area contributed by atoms with Gasteiger partial charge in [-0.15, -0.1) is 0 Å². The van der Waals surface area contributed by atoms with Gasteiger partial charge in [0, 0.05) is 16.6 Å². The number of anilines is 1. The number of benzene rings is 3. The van der Waals surface area contributed by atoms with E-state index in [9.17, 15) is 0 Å². The third-order valence-corrected chi connectivity index (χ3v) is 5.97. The molecule has 138 valence electrons. The second kappa shape index (κ2) is 6.11. The molecule has 0 atom stereocenters. The van der Waals surface area contributed by atoms with E-state index in [0.29, 0.717) is 0 Å². The number of rotatable bonds is 2. The molecule has 0 amide bonds. The van der Waals surface area contributed by atoms with E-state index < -0.39 is 18.3 Å². The largest absolute Gasteiger partial charge is 0.495 e. The first-order valence-electron chi connectivity index (χ1n) is 9.43. The van der Waals surface area contributed by atoms with E-state index in [4.69, 9.17) is 15.0 Å². The van der Waals surface area contributed by atoms with E-state index >= 15 is 0 Å². The summed E-state index contributed by atoms with van der Waals surface area (Å²) in [5.41, 5.74) is 10.9. The molecule has 1 fully saturated rings. The lowest BCUT2D eigenvalue weighted by Crippen LogP contribution is -2.41. The maximum Gasteiger partial charge on any atom is 0.495 e. The third-order valence-electron chi connectivity index (χ3n) is 5.97. The minimum absolute atomic E-state index is 0.400. The van der Waals surface area contributed by atoms with Gasteiger partial charge in [0.2, 0.25) is 0 Å². The molecule has 0 unspecified atom stereocenters. The van der Waals surface area contributed by atoms with E-state index in [0.717, 1.165) is 33.0 Å². The summed E-state index contributed by atoms with van der Waals surface area (Å²) in [5, 5.41) is 2.14. The van der Waals surface area contributed by atoms with Crippen LogP contribution in [0.1, 0.15) is 33.3 Å². The maximum atomic E-state index is 6.68. The average Bonchev–Trinajstić information content (AvgIpc) is 2.83. The molecule has 1 aliphatic heterocycles. The van der Waals surface area contributed by atoms with Crippen molar-refractivity contribution in [3.05, 3.63) is 60.2 Å². The van der Waals surface area contributed by atoms with Crippen LogP contribution in [0, 0.1) is 6.92 Å². The highest BCUT2D eigenvalue weighted by Crippen LogP contribution is 2.39. The number of aryl methyl sites for hydroxylation is 1. The molecule has 0 radical (unpaired) electrons. The Bertz CT molecular complexity index is 993. The molecule has 3 nitrogen and oxygen atoms in total. The first-order valence-corrected chi connectivity index (χ1v) is 9.43. The molecule has 27 heavy (non-hydrogen) atoms. The van der Waals surface area contributed by atoms with Crippen molar-refractivity contribution in [2.45, 2.75) is 45.8 Å². The Hall–Kier alpha value is -2.30. The number of nitrogen functional groups attached to an aromatic ring is 1. The highest BCUT2D eigenvalue weighted by Gasteiger charge is 2.52. The molecule has 0 aliphatic carbocycles. The summed E-state index contributed by atoms with van der Waals surface area (Å²) in [6.45, 7) is 10.4. The predicted molar refractivity (Wildman–Crippen MR) is 114 cm³/mol. The Labute approximate surface area is 161 Å². The molecule has 1 heterocycles. The first-order chi connectivity index (χ1) is 12.7. The van der Waals surface area contributed by atoms with Crippen molar-refractivity contribution in [2.75, 3.05) is 5.73 Å². The topological polar surface area (TPSA) is 44.5 Å². The Morgan fingerprint density at radius 2 is 1.44 bits per heavy atom. The van der Waals surface area contributed by atoms with Gasteiger partial charge in [-0.05, 0) is 51.0 Å². The lowest BCUT2D eigenvalue weighted by molar-refractivity contribution is 0.00578. The second-order valence-corrected chi connectivity index (χ2v) is 8.43. The minimum Gasteiger partial charge on any atom is -0.399 e. The van der Waals surface area contributed by atoms with Crippen molar-refractivity contribution >= 4 is 29.0 Å². The molecule has 2 N–H and O–H groups in total. The lowest BCUT2D eigenvalue weighted by atomic mass is 9.72. The maximum absolute atomic E-state index is 6.68. The Morgan fingerprint density at radius 1 is 0.852 bits per heavy atom. The monoisotopic (exact) mass is 359 g/mol. The Kier molecular flexibility index (Phi) is 4.10. The van der Waals surface area contributed by atoms with Gasteiger partial charge in [0.25, 0.3) is 0 Å². The molecule has 0 bridgehead atoms. The van der Waals surface area contributed by atoms with Crippen LogP contribution in [0.15, 0.2) is 54.6 Å². The van der Waals surface area contributed by atoms with Crippen LogP contribution in [0.5, 0.6) is 0 Å². The fraction of sp³-hybridized carbons (Fsp3) is 0.304. The molecule has 1 aliphatic rings. The lowest BCUT2D eigenvalue weighted by Gasteiger charge is -2.32. The summed E-state index contributed by atoms with van der Waals surface area (Å²) < 4.78 is 12.7. The van der Waals surface area contributed by atoms with Gasteiger partial charge in [0.15, 0.2) is 0 Å². The van der Waals surface area contributed by atoms with Crippen LogP contribution in [0.3, 0.4) is 0 Å². The van der Waals surface area contributed by atoms with E-state index in [1.54, 1.807) is 0 Å². The molecule has 3 aromatic carbocycles. The van der Waals surface area contributed by atoms with Crippen LogP contribution in [0.25, 0.3) is 21.9 Å². The zero-order valence-corrected chi connectivity index (χ0v) is 16.7.